The van der Waals surface area contributed by atoms with E-state index in [4.69, 9.17) is 89.3 Å². The van der Waals surface area contributed by atoms with Gasteiger partial charge < -0.3 is 128 Å². The first-order valence-electron chi connectivity index (χ1n) is 42.8. The summed E-state index contributed by atoms with van der Waals surface area (Å²) in [6.07, 6.45) is -3.63. The number of carboxylic acids is 3. The van der Waals surface area contributed by atoms with Crippen molar-refractivity contribution >= 4 is 107 Å². The number of carbonyl (C=O) groups is 16. The highest BCUT2D eigenvalue weighted by molar-refractivity contribution is 7.86. The average molecular weight is 1950 g/mol. The molecule has 0 aliphatic carbocycles. The molecule has 0 aromatic carbocycles. The van der Waals surface area contributed by atoms with Crippen LogP contribution in [0.15, 0.2) is 0 Å². The van der Waals surface area contributed by atoms with Gasteiger partial charge in [0.15, 0.2) is 0 Å². The van der Waals surface area contributed by atoms with Crippen LogP contribution in [0.4, 0.5) is 43.2 Å². The summed E-state index contributed by atoms with van der Waals surface area (Å²) in [4.78, 5) is 183. The summed E-state index contributed by atoms with van der Waals surface area (Å²) in [5.74, 6) is -5.31. The lowest BCUT2D eigenvalue weighted by atomic mass is 10.1. The summed E-state index contributed by atoms with van der Waals surface area (Å²) in [6.45, 7) is 52.2. The van der Waals surface area contributed by atoms with Gasteiger partial charge in [-0.3, -0.25) is 39.0 Å². The van der Waals surface area contributed by atoms with Crippen molar-refractivity contribution in [3.05, 3.63) is 0 Å². The molecule has 0 aliphatic heterocycles. The lowest BCUT2D eigenvalue weighted by Crippen LogP contribution is -2.47. The number of likely N-dealkylation sites (N-methyl/N-ethyl adjacent to an activating group) is 2. The molecule has 0 saturated heterocycles. The third kappa shape index (κ3) is 100.0. The van der Waals surface area contributed by atoms with Gasteiger partial charge in [-0.05, 0) is 253 Å². The van der Waals surface area contributed by atoms with Gasteiger partial charge in [-0.2, -0.15) is 13.7 Å². The number of esters is 1. The van der Waals surface area contributed by atoms with Crippen LogP contribution in [-0.2, 0) is 95.2 Å². The van der Waals surface area contributed by atoms with Crippen molar-refractivity contribution in [2.24, 2.45) is 17.2 Å². The molecule has 0 spiro atoms. The number of nitrogens with zero attached hydrogens (tertiary/aromatic N) is 3. The van der Waals surface area contributed by atoms with Crippen LogP contribution >= 0.6 is 0 Å². The number of hydrogen-bond donors (Lipinski definition) is 17. The Morgan fingerprint density at radius 1 is 0.373 bits per heavy atom. The molecule has 0 heterocycles. The van der Waals surface area contributed by atoms with Crippen molar-refractivity contribution in [3.63, 3.8) is 0 Å². The fraction of sp³-hybridized carbons (Fsp3) is 0.798. The van der Waals surface area contributed by atoms with Crippen LogP contribution in [0.3, 0.4) is 0 Å². The van der Waals surface area contributed by atoms with Gasteiger partial charge in [0.25, 0.3) is 10.1 Å². The van der Waals surface area contributed by atoms with Crippen LogP contribution in [0.2, 0.25) is 0 Å². The molecule has 0 aromatic rings. The summed E-state index contributed by atoms with van der Waals surface area (Å²) in [5, 5.41) is 59.9. The van der Waals surface area contributed by atoms with E-state index >= 15 is 0 Å². The zero-order valence-corrected chi connectivity index (χ0v) is 85.7. The van der Waals surface area contributed by atoms with E-state index in [-0.39, 0.29) is 109 Å². The van der Waals surface area contributed by atoms with E-state index in [0.29, 0.717) is 19.4 Å². The summed E-state index contributed by atoms with van der Waals surface area (Å²) >= 11 is 0. The second kappa shape index (κ2) is 63.3. The van der Waals surface area contributed by atoms with Crippen molar-refractivity contribution in [3.8, 4) is 6.07 Å². The standard InChI is InChI=1S/C22H42N4O7.C15H27N3O4.C15H30N2O7S.C14H26N2O6.C10H18N2O5.C8H18N4O3/c1-20(2,3)31-17(28)14-26(10)25-16(27)13-15(24-19(30)33-22(7,8)9)11-12-23-18(29)32-21(4,5)6;1-14(2,3)21-12(19)17-10-8-11(7-9-16)18-13(20)22-15(4,5)6;1-14(2,3)23-12(18)16-9-8-11(10-22-25(7,20)21)17-13(19)24-15(4,5)6;1-13(2,3)21-11(19)15-8-7-9(10(17)18)16-12(20)22-14(4,5)6;1-10(2,3)17-9(16)12-6(8(14)15)4-5-7(11)13;1-12(5-8(14)15)11-7(13)4-6(10)2-3-9/h15H,11-14H2,1-10H3,(H,23,29)(H,24,30)(H,25,27);11H,7-8,10H2,1-6H3,(H,17,19)(H,18,20);11H,8-10H2,1-7H3,(H,16,18)(H,17,19);9H,7-8H2,1-6H3,(H,15,19)(H,16,20)(H,17,18);6H,4-5H2,1-3H3,(H2,11,13)(H,12,16)(H,14,15);6H,2-5,9-10H2,1H3,(H,11,13)(H,14,15)/t15-;2*11-;9-;2*6-/m010000/s1. The van der Waals surface area contributed by atoms with E-state index in [1.54, 1.807) is 208 Å². The Morgan fingerprint density at radius 2 is 0.642 bits per heavy atom. The van der Waals surface area contributed by atoms with E-state index in [9.17, 15) is 85.1 Å². The van der Waals surface area contributed by atoms with Gasteiger partial charge >= 0.3 is 78.7 Å². The Labute approximate surface area is 789 Å². The second-order valence-electron chi connectivity index (χ2n) is 39.8. The third-order valence-electron chi connectivity index (χ3n) is 13.4. The summed E-state index contributed by atoms with van der Waals surface area (Å²) in [6, 6.07) is -2.33. The second-order valence-corrected chi connectivity index (χ2v) is 41.5. The predicted molar refractivity (Wildman–Crippen MR) is 492 cm³/mol. The van der Waals surface area contributed by atoms with Gasteiger partial charge in [0.05, 0.1) is 31.4 Å². The Morgan fingerprint density at radius 3 is 0.933 bits per heavy atom. The van der Waals surface area contributed by atoms with Crippen LogP contribution in [0.1, 0.15) is 272 Å². The maximum Gasteiger partial charge on any atom is 0.408 e. The van der Waals surface area contributed by atoms with Gasteiger partial charge in [-0.25, -0.2) is 62.8 Å². The SMILES string of the molecule is CC(C)(C)OC(=O)NCC[C@@H](CC#N)NC(=O)OC(C)(C)C.CC(C)(C)OC(=O)NCC[C@@H](COS(C)(=O)=O)NC(=O)OC(C)(C)C.CC(C)(C)OC(=O)NCC[C@H](NC(=O)OC(C)(C)C)C(=O)O.CC(C)(C)OC(=O)N[C@@H](CCC(N)=O)C(=O)O.CN(CC(=O)O)NC(=O)C[C@@H](N)CCN.CN(CC(=O)OC(C)(C)C)NC(=O)C[C@H](CCNC(=O)OC(C)(C)C)NC(=O)OC(C)(C)C. The topological polar surface area (TPSA) is 710 Å². The van der Waals surface area contributed by atoms with Crippen molar-refractivity contribution in [1.82, 2.24) is 68.7 Å². The number of nitrogens with two attached hydrogens (primary N) is 3. The van der Waals surface area contributed by atoms with E-state index < -0.39 is 187 Å². The van der Waals surface area contributed by atoms with Crippen LogP contribution in [0.25, 0.3) is 0 Å². The van der Waals surface area contributed by atoms with E-state index in [1.807, 2.05) is 6.07 Å². The van der Waals surface area contributed by atoms with E-state index in [1.165, 1.54) is 24.1 Å². The molecule has 0 aliphatic rings. The maximum absolute atomic E-state index is 12.5. The fourth-order valence-electron chi connectivity index (χ4n) is 8.85. The maximum atomic E-state index is 12.5. The van der Waals surface area contributed by atoms with Gasteiger partial charge in [0, 0.05) is 77.7 Å². The molecule has 0 bridgehead atoms. The first-order chi connectivity index (χ1) is 60.1. The number of carbonyl (C=O) groups excluding carboxylic acids is 13. The zero-order chi connectivity index (χ0) is 106. The molecule has 0 radical (unpaired) electrons. The lowest BCUT2D eigenvalue weighted by Gasteiger charge is -2.25. The van der Waals surface area contributed by atoms with Crippen LogP contribution < -0.4 is 75.9 Å². The molecule has 0 aromatic heterocycles. The number of nitrogens with one attached hydrogen (secondary N) is 11. The third-order valence-corrected chi connectivity index (χ3v) is 14.0. The van der Waals surface area contributed by atoms with Gasteiger partial charge in [-0.15, -0.1) is 0 Å². The van der Waals surface area contributed by atoms with Crippen molar-refractivity contribution in [1.29, 1.82) is 5.26 Å². The summed E-state index contributed by atoms with van der Waals surface area (Å²) < 4.78 is 78.0. The van der Waals surface area contributed by atoms with Crippen molar-refractivity contribution in [2.45, 2.75) is 364 Å². The minimum atomic E-state index is -3.66. The number of amides is 12. The predicted octanol–water partition coefficient (Wildman–Crippen LogP) is 7.18. The number of rotatable bonds is 38. The molecular formula is C84H161N17O32S. The average Bonchev–Trinajstić information content (AvgIpc) is 0.914. The van der Waals surface area contributed by atoms with Gasteiger partial charge in [-0.1, -0.05) is 0 Å². The molecule has 0 saturated carbocycles. The number of hydrazine groups is 2. The largest absolute Gasteiger partial charge is 0.480 e. The number of hydrogen-bond acceptors (Lipinski definition) is 34. The molecule has 0 fully saturated rings. The minimum Gasteiger partial charge on any atom is -0.480 e. The number of ether oxygens (including phenoxy) is 10. The Bertz CT molecular complexity index is 3800. The highest BCUT2D eigenvalue weighted by atomic mass is 32.2. The van der Waals surface area contributed by atoms with Gasteiger partial charge in [0.2, 0.25) is 17.7 Å². The number of primary amides is 1. The smallest absolute Gasteiger partial charge is 0.408 e. The molecule has 6 atom stereocenters. The number of nitriles is 1. The highest BCUT2D eigenvalue weighted by Crippen LogP contribution is 2.17. The molecule has 0 unspecified atom stereocenters. The zero-order valence-electron chi connectivity index (χ0n) is 84.9. The molecule has 0 rings (SSSR count). The quantitative estimate of drug-likeness (QED) is 0.0126. The summed E-state index contributed by atoms with van der Waals surface area (Å²) in [5.41, 5.74) is 14.2. The summed E-state index contributed by atoms with van der Waals surface area (Å²) in [7, 11) is -0.657. The Hall–Kier alpha value is -11.0. The van der Waals surface area contributed by atoms with E-state index in [2.05, 4.69) is 58.7 Å². The number of aliphatic carboxylic acids is 3. The van der Waals surface area contributed by atoms with Crippen molar-refractivity contribution < 1.29 is 152 Å². The molecule has 12 amide bonds. The molecular weight excluding hydrogens is 1790 g/mol. The van der Waals surface area contributed by atoms with Crippen LogP contribution in [0.5, 0.6) is 0 Å². The number of alkyl carbamates (subject to hydrolysis) is 9. The number of carboxylic acid groups (broad SMARTS) is 3. The Kier molecular flexibility index (Phi) is 63.1. The minimum absolute atomic E-state index is 0.00776. The van der Waals surface area contributed by atoms with Crippen LogP contribution in [0, 0.1) is 11.3 Å². The highest BCUT2D eigenvalue weighted by Gasteiger charge is 2.31. The lowest BCUT2D eigenvalue weighted by molar-refractivity contribution is -0.157. The Balaban J connectivity index is -0.000000373. The normalized spacial score (nSPS) is 13.0. The van der Waals surface area contributed by atoms with E-state index in [0.717, 1.165) is 6.26 Å². The molecule has 50 heteroatoms. The fourth-order valence-corrected chi connectivity index (χ4v) is 9.26. The molecule has 20 N–H and O–H groups in total. The molecule has 780 valence electrons. The molecule has 49 nitrogen and oxygen atoms in total. The van der Waals surface area contributed by atoms with Crippen molar-refractivity contribution in [2.75, 3.05) is 72.8 Å². The van der Waals surface area contributed by atoms with Gasteiger partial charge in [0.1, 0.15) is 81.2 Å². The van der Waals surface area contributed by atoms with Crippen LogP contribution in [-0.4, -0.2) is 295 Å². The first-order valence-corrected chi connectivity index (χ1v) is 44.6. The first kappa shape index (κ1) is 134. The molecule has 134 heavy (non-hydrogen) atoms. The monoisotopic (exact) mass is 1950 g/mol.